The second-order valence-electron chi connectivity index (χ2n) is 6.79. The van der Waals surface area contributed by atoms with E-state index in [1.165, 1.54) is 4.90 Å². The summed E-state index contributed by atoms with van der Waals surface area (Å²) in [6.07, 6.45) is 0.0356. The minimum absolute atomic E-state index is 0.0356. The summed E-state index contributed by atoms with van der Waals surface area (Å²) in [4.78, 5) is 38.4. The lowest BCUT2D eigenvalue weighted by Gasteiger charge is -2.17. The highest BCUT2D eigenvalue weighted by Crippen LogP contribution is 2.31. The van der Waals surface area contributed by atoms with Crippen molar-refractivity contribution >= 4 is 56.7 Å². The van der Waals surface area contributed by atoms with E-state index in [1.54, 1.807) is 50.4 Å². The largest absolute Gasteiger partial charge is 0.497 e. The van der Waals surface area contributed by atoms with Gasteiger partial charge in [0.05, 0.1) is 18.1 Å². The van der Waals surface area contributed by atoms with Crippen LogP contribution in [0.3, 0.4) is 0 Å². The van der Waals surface area contributed by atoms with Gasteiger partial charge in [-0.25, -0.2) is 0 Å². The van der Waals surface area contributed by atoms with E-state index in [0.29, 0.717) is 27.7 Å². The number of nitrogens with one attached hydrogen (secondary N) is 1. The van der Waals surface area contributed by atoms with Crippen LogP contribution in [0.15, 0.2) is 40.9 Å². The summed E-state index contributed by atoms with van der Waals surface area (Å²) in [5.74, 6) is -1.20. The number of hydrogen-bond donors (Lipinski definition) is 1. The molecular weight excluding hydrogens is 476 g/mol. The first-order chi connectivity index (χ1) is 14.3. The fourth-order valence-electron chi connectivity index (χ4n) is 3.11. The fraction of sp³-hybridized carbons (Fsp3) is 0.286. The average molecular weight is 496 g/mol. The van der Waals surface area contributed by atoms with Gasteiger partial charge in [0.2, 0.25) is 5.91 Å². The van der Waals surface area contributed by atoms with Gasteiger partial charge in [-0.2, -0.15) is 0 Å². The Hall–Kier alpha value is -2.58. The third kappa shape index (κ3) is 4.94. The van der Waals surface area contributed by atoms with Gasteiger partial charge < -0.3 is 19.7 Å². The predicted octanol–water partition coefficient (Wildman–Crippen LogP) is 3.95. The number of amides is 2. The van der Waals surface area contributed by atoms with Crippen molar-refractivity contribution in [3.05, 3.63) is 51.5 Å². The number of anilines is 2. The van der Waals surface area contributed by atoms with Gasteiger partial charge in [0.15, 0.2) is 6.61 Å². The monoisotopic (exact) mass is 494 g/mol. The third-order valence-corrected chi connectivity index (χ3v) is 6.18. The van der Waals surface area contributed by atoms with Crippen LogP contribution in [0.5, 0.6) is 5.75 Å². The molecule has 0 unspecified atom stereocenters. The van der Waals surface area contributed by atoms with Crippen molar-refractivity contribution in [2.24, 2.45) is 5.92 Å². The molecule has 9 heteroatoms. The van der Waals surface area contributed by atoms with E-state index in [9.17, 15) is 14.4 Å². The summed E-state index contributed by atoms with van der Waals surface area (Å²) in [5.41, 5.74) is 1.91. The van der Waals surface area contributed by atoms with Crippen molar-refractivity contribution in [1.29, 1.82) is 0 Å². The molecular formula is C21H20BrClN2O5. The van der Waals surface area contributed by atoms with E-state index >= 15 is 0 Å². The van der Waals surface area contributed by atoms with Crippen molar-refractivity contribution in [1.82, 2.24) is 0 Å². The molecule has 0 radical (unpaired) electrons. The van der Waals surface area contributed by atoms with Gasteiger partial charge in [-0.05, 0) is 64.8 Å². The maximum Gasteiger partial charge on any atom is 0.311 e. The maximum absolute atomic E-state index is 12.4. The Morgan fingerprint density at radius 3 is 2.60 bits per heavy atom. The highest BCUT2D eigenvalue weighted by atomic mass is 79.9. The SMILES string of the molecule is COc1ccc(N2C[C@H](C(=O)OCC(=O)Nc3ccc(Br)c(Cl)c3C)CC2=O)cc1. The number of hydrogen-bond acceptors (Lipinski definition) is 5. The summed E-state index contributed by atoms with van der Waals surface area (Å²) in [6.45, 7) is 1.53. The van der Waals surface area contributed by atoms with Gasteiger partial charge in [-0.3, -0.25) is 14.4 Å². The zero-order valence-electron chi connectivity index (χ0n) is 16.4. The van der Waals surface area contributed by atoms with Crippen LogP contribution in [-0.2, 0) is 19.1 Å². The van der Waals surface area contributed by atoms with Crippen molar-refractivity contribution in [2.45, 2.75) is 13.3 Å². The molecule has 1 fully saturated rings. The van der Waals surface area contributed by atoms with Crippen molar-refractivity contribution < 1.29 is 23.9 Å². The van der Waals surface area contributed by atoms with Crippen LogP contribution in [0.1, 0.15) is 12.0 Å². The minimum atomic E-state index is -0.628. The lowest BCUT2D eigenvalue weighted by Crippen LogP contribution is -2.28. The van der Waals surface area contributed by atoms with E-state index in [-0.39, 0.29) is 18.9 Å². The van der Waals surface area contributed by atoms with E-state index in [1.807, 2.05) is 0 Å². The average Bonchev–Trinajstić information content (AvgIpc) is 3.14. The van der Waals surface area contributed by atoms with E-state index in [2.05, 4.69) is 21.2 Å². The number of rotatable bonds is 6. The summed E-state index contributed by atoms with van der Waals surface area (Å²) in [5, 5.41) is 3.16. The van der Waals surface area contributed by atoms with Crippen LogP contribution >= 0.6 is 27.5 Å². The second kappa shape index (κ2) is 9.49. The summed E-state index contributed by atoms with van der Waals surface area (Å²) >= 11 is 9.46. The molecule has 2 aromatic rings. The molecule has 1 saturated heterocycles. The quantitative estimate of drug-likeness (QED) is 0.613. The highest BCUT2D eigenvalue weighted by molar-refractivity contribution is 9.10. The van der Waals surface area contributed by atoms with E-state index in [4.69, 9.17) is 21.1 Å². The van der Waals surface area contributed by atoms with Crippen LogP contribution in [0.25, 0.3) is 0 Å². The molecule has 1 atom stereocenters. The fourth-order valence-corrected chi connectivity index (χ4v) is 3.70. The Balaban J connectivity index is 1.54. The van der Waals surface area contributed by atoms with Crippen molar-refractivity contribution in [3.63, 3.8) is 0 Å². The summed E-state index contributed by atoms with van der Waals surface area (Å²) in [7, 11) is 1.56. The van der Waals surface area contributed by atoms with Crippen LogP contribution in [0, 0.1) is 12.8 Å². The molecule has 0 bridgehead atoms. The van der Waals surface area contributed by atoms with Gasteiger partial charge in [0, 0.05) is 28.8 Å². The maximum atomic E-state index is 12.4. The van der Waals surface area contributed by atoms with Gasteiger partial charge in [-0.1, -0.05) is 11.6 Å². The second-order valence-corrected chi connectivity index (χ2v) is 8.03. The Bertz CT molecular complexity index is 980. The lowest BCUT2D eigenvalue weighted by molar-refractivity contribution is -0.151. The zero-order chi connectivity index (χ0) is 21.8. The molecule has 0 spiro atoms. The Labute approximate surface area is 187 Å². The Kier molecular flexibility index (Phi) is 6.99. The van der Waals surface area contributed by atoms with Crippen LogP contribution in [0.4, 0.5) is 11.4 Å². The smallest absolute Gasteiger partial charge is 0.311 e. The molecule has 1 aliphatic heterocycles. The van der Waals surface area contributed by atoms with Crippen LogP contribution < -0.4 is 15.0 Å². The number of methoxy groups -OCH3 is 1. The van der Waals surface area contributed by atoms with Gasteiger partial charge in [-0.15, -0.1) is 0 Å². The first-order valence-electron chi connectivity index (χ1n) is 9.15. The topological polar surface area (TPSA) is 84.9 Å². The number of nitrogens with zero attached hydrogens (tertiary/aromatic N) is 1. The van der Waals surface area contributed by atoms with Gasteiger partial charge in [0.25, 0.3) is 5.91 Å². The number of halogens is 2. The summed E-state index contributed by atoms with van der Waals surface area (Å²) in [6, 6.07) is 10.4. The first kappa shape index (κ1) is 22.1. The summed E-state index contributed by atoms with van der Waals surface area (Å²) < 4.78 is 11.0. The highest BCUT2D eigenvalue weighted by Gasteiger charge is 2.36. The molecule has 2 aromatic carbocycles. The van der Waals surface area contributed by atoms with E-state index < -0.39 is 24.4 Å². The van der Waals surface area contributed by atoms with Gasteiger partial charge in [0.1, 0.15) is 5.75 Å². The van der Waals surface area contributed by atoms with Crippen LogP contribution in [-0.4, -0.2) is 38.0 Å². The molecule has 1 N–H and O–H groups in total. The zero-order valence-corrected chi connectivity index (χ0v) is 18.7. The number of benzene rings is 2. The molecule has 0 aliphatic carbocycles. The standard InChI is InChI=1S/C21H20BrClN2O5/c1-12-17(8-7-16(22)20(12)23)24-18(26)11-30-21(28)13-9-19(27)25(10-13)14-3-5-15(29-2)6-4-14/h3-8,13H,9-11H2,1-2H3,(H,24,26)/t13-/m1/s1. The lowest BCUT2D eigenvalue weighted by atomic mass is 10.1. The Morgan fingerprint density at radius 2 is 1.93 bits per heavy atom. The minimum Gasteiger partial charge on any atom is -0.497 e. The van der Waals surface area contributed by atoms with Crippen molar-refractivity contribution in [3.8, 4) is 5.75 Å². The molecule has 0 saturated carbocycles. The number of carbonyl (C=O) groups is 3. The first-order valence-corrected chi connectivity index (χ1v) is 10.3. The van der Waals surface area contributed by atoms with Crippen molar-refractivity contribution in [2.75, 3.05) is 30.5 Å². The molecule has 0 aromatic heterocycles. The molecule has 1 aliphatic rings. The van der Waals surface area contributed by atoms with Gasteiger partial charge >= 0.3 is 5.97 Å². The third-order valence-electron chi connectivity index (χ3n) is 4.80. The Morgan fingerprint density at radius 1 is 1.23 bits per heavy atom. The predicted molar refractivity (Wildman–Crippen MR) is 117 cm³/mol. The molecule has 30 heavy (non-hydrogen) atoms. The number of carbonyl (C=O) groups excluding carboxylic acids is 3. The number of ether oxygens (including phenoxy) is 2. The molecule has 1 heterocycles. The van der Waals surface area contributed by atoms with Crippen LogP contribution in [0.2, 0.25) is 5.02 Å². The molecule has 7 nitrogen and oxygen atoms in total. The molecule has 158 valence electrons. The molecule has 3 rings (SSSR count). The number of esters is 1. The normalized spacial score (nSPS) is 15.8. The van der Waals surface area contributed by atoms with E-state index in [0.717, 1.165) is 4.47 Å². The molecule has 2 amide bonds.